The first kappa shape index (κ1) is 15.6. The fourth-order valence-corrected chi connectivity index (χ4v) is 1.93. The van der Waals surface area contributed by atoms with Crippen LogP contribution >= 0.6 is 23.2 Å². The van der Waals surface area contributed by atoms with Crippen LogP contribution in [0.4, 0.5) is 8.78 Å². The summed E-state index contributed by atoms with van der Waals surface area (Å²) in [4.78, 5) is 0. The summed E-state index contributed by atoms with van der Waals surface area (Å²) in [6.07, 6.45) is -2.05. The van der Waals surface area contributed by atoms with Crippen LogP contribution in [0.25, 0.3) is 0 Å². The molecule has 1 atom stereocenters. The summed E-state index contributed by atoms with van der Waals surface area (Å²) < 4.78 is 28.6. The molecule has 0 aliphatic heterocycles. The number of ether oxygens (including phenoxy) is 1. The molecular formula is C11H14Cl2F2N2O. The van der Waals surface area contributed by atoms with Crippen LogP contribution in [0.3, 0.4) is 0 Å². The van der Waals surface area contributed by atoms with E-state index in [4.69, 9.17) is 33.8 Å². The first-order valence-electron chi connectivity index (χ1n) is 5.32. The van der Waals surface area contributed by atoms with E-state index in [-0.39, 0.29) is 12.6 Å². The Kier molecular flexibility index (Phi) is 6.81. The van der Waals surface area contributed by atoms with Gasteiger partial charge in [0.15, 0.2) is 0 Å². The molecular weight excluding hydrogens is 285 g/mol. The molecule has 0 heterocycles. The van der Waals surface area contributed by atoms with Crippen molar-refractivity contribution in [3.63, 3.8) is 0 Å². The van der Waals surface area contributed by atoms with E-state index >= 15 is 0 Å². The second-order valence-corrected chi connectivity index (χ2v) is 4.40. The van der Waals surface area contributed by atoms with Gasteiger partial charge in [0.2, 0.25) is 0 Å². The highest BCUT2D eigenvalue weighted by atomic mass is 35.5. The highest BCUT2D eigenvalue weighted by Crippen LogP contribution is 2.30. The van der Waals surface area contributed by atoms with Gasteiger partial charge >= 0.3 is 0 Å². The summed E-state index contributed by atoms with van der Waals surface area (Å²) in [7, 11) is 0. The molecule has 3 N–H and O–H groups in total. The zero-order chi connectivity index (χ0) is 13.5. The van der Waals surface area contributed by atoms with Gasteiger partial charge in [0.1, 0.15) is 6.61 Å². The van der Waals surface area contributed by atoms with E-state index in [1.54, 1.807) is 18.2 Å². The lowest BCUT2D eigenvalue weighted by molar-refractivity contribution is 0.0143. The van der Waals surface area contributed by atoms with Crippen LogP contribution in [0.15, 0.2) is 18.2 Å². The summed E-state index contributed by atoms with van der Waals surface area (Å²) in [6.45, 7) is -0.428. The summed E-state index contributed by atoms with van der Waals surface area (Å²) >= 11 is 11.9. The molecule has 0 aliphatic carbocycles. The van der Waals surface area contributed by atoms with Crippen LogP contribution in [0.1, 0.15) is 18.0 Å². The van der Waals surface area contributed by atoms with Crippen LogP contribution in [0, 0.1) is 0 Å². The molecule has 1 aromatic rings. The lowest BCUT2D eigenvalue weighted by Gasteiger charge is -2.18. The highest BCUT2D eigenvalue weighted by Gasteiger charge is 2.15. The molecule has 0 radical (unpaired) electrons. The Balaban J connectivity index is 2.57. The Morgan fingerprint density at radius 3 is 2.67 bits per heavy atom. The van der Waals surface area contributed by atoms with Gasteiger partial charge in [0.05, 0.1) is 10.0 Å². The van der Waals surface area contributed by atoms with Gasteiger partial charge in [-0.15, -0.1) is 0 Å². The lowest BCUT2D eigenvalue weighted by Crippen LogP contribution is -2.29. The lowest BCUT2D eigenvalue weighted by atomic mass is 10.0. The quantitative estimate of drug-likeness (QED) is 0.462. The average Bonchev–Trinajstić information content (AvgIpc) is 2.33. The molecule has 0 fully saturated rings. The number of hydrazine groups is 1. The van der Waals surface area contributed by atoms with Crippen LogP contribution < -0.4 is 11.3 Å². The number of halogens is 4. The number of benzene rings is 1. The zero-order valence-electron chi connectivity index (χ0n) is 9.51. The Labute approximate surface area is 114 Å². The van der Waals surface area contributed by atoms with Crippen molar-refractivity contribution >= 4 is 23.2 Å². The number of hydrogen-bond acceptors (Lipinski definition) is 3. The van der Waals surface area contributed by atoms with E-state index in [1.807, 2.05) is 0 Å². The first-order chi connectivity index (χ1) is 8.56. The van der Waals surface area contributed by atoms with Crippen molar-refractivity contribution < 1.29 is 13.5 Å². The minimum atomic E-state index is -2.47. The zero-order valence-corrected chi connectivity index (χ0v) is 11.0. The maximum Gasteiger partial charge on any atom is 0.261 e. The number of alkyl halides is 2. The van der Waals surface area contributed by atoms with Crippen molar-refractivity contribution in [2.45, 2.75) is 18.9 Å². The molecule has 0 saturated heterocycles. The third-order valence-corrected chi connectivity index (χ3v) is 3.19. The van der Waals surface area contributed by atoms with E-state index < -0.39 is 13.0 Å². The van der Waals surface area contributed by atoms with E-state index in [1.165, 1.54) is 0 Å². The van der Waals surface area contributed by atoms with E-state index in [0.717, 1.165) is 0 Å². The molecule has 0 aromatic heterocycles. The molecule has 1 aromatic carbocycles. The van der Waals surface area contributed by atoms with E-state index in [9.17, 15) is 8.78 Å². The third-order valence-electron chi connectivity index (χ3n) is 2.35. The second-order valence-electron chi connectivity index (χ2n) is 3.62. The van der Waals surface area contributed by atoms with E-state index in [2.05, 4.69) is 5.43 Å². The Morgan fingerprint density at radius 2 is 2.06 bits per heavy atom. The molecule has 18 heavy (non-hydrogen) atoms. The smallest absolute Gasteiger partial charge is 0.261 e. The molecule has 3 nitrogen and oxygen atoms in total. The van der Waals surface area contributed by atoms with Gasteiger partial charge in [-0.25, -0.2) is 8.78 Å². The molecule has 1 rings (SSSR count). The molecule has 0 bridgehead atoms. The van der Waals surface area contributed by atoms with Crippen LogP contribution in [0.5, 0.6) is 0 Å². The maximum atomic E-state index is 11.9. The fraction of sp³-hybridized carbons (Fsp3) is 0.455. The third kappa shape index (κ3) is 4.66. The van der Waals surface area contributed by atoms with Crippen molar-refractivity contribution in [1.29, 1.82) is 0 Å². The van der Waals surface area contributed by atoms with Gasteiger partial charge < -0.3 is 4.74 Å². The molecule has 7 heteroatoms. The van der Waals surface area contributed by atoms with Crippen molar-refractivity contribution in [2.24, 2.45) is 5.84 Å². The van der Waals surface area contributed by atoms with Gasteiger partial charge in [-0.05, 0) is 18.1 Å². The van der Waals surface area contributed by atoms with Gasteiger partial charge in [-0.1, -0.05) is 35.3 Å². The van der Waals surface area contributed by atoms with Gasteiger partial charge in [0.25, 0.3) is 6.43 Å². The minimum Gasteiger partial charge on any atom is -0.375 e. The first-order valence-corrected chi connectivity index (χ1v) is 6.07. The Morgan fingerprint density at radius 1 is 1.33 bits per heavy atom. The summed E-state index contributed by atoms with van der Waals surface area (Å²) in [5.74, 6) is 5.41. The summed E-state index contributed by atoms with van der Waals surface area (Å²) in [6, 6.07) is 4.88. The molecule has 1 unspecified atom stereocenters. The molecule has 0 amide bonds. The minimum absolute atomic E-state index is 0.155. The van der Waals surface area contributed by atoms with Crippen LogP contribution in [0.2, 0.25) is 10.0 Å². The normalized spacial score (nSPS) is 13.0. The standard InChI is InChI=1S/C11H14Cl2F2N2O/c12-8-3-1-2-7(11(8)13)9(17-16)4-5-18-6-10(14)15/h1-3,9-10,17H,4-6,16H2. The highest BCUT2D eigenvalue weighted by molar-refractivity contribution is 6.42. The van der Waals surface area contributed by atoms with Crippen molar-refractivity contribution in [3.8, 4) is 0 Å². The van der Waals surface area contributed by atoms with Crippen molar-refractivity contribution in [3.05, 3.63) is 33.8 Å². The van der Waals surface area contributed by atoms with Crippen molar-refractivity contribution in [2.75, 3.05) is 13.2 Å². The predicted octanol–water partition coefficient (Wildman–Crippen LogP) is 3.17. The van der Waals surface area contributed by atoms with Gasteiger partial charge in [-0.2, -0.15) is 0 Å². The van der Waals surface area contributed by atoms with Gasteiger partial charge in [0, 0.05) is 12.6 Å². The SMILES string of the molecule is NNC(CCOCC(F)F)c1cccc(Cl)c1Cl. The predicted molar refractivity (Wildman–Crippen MR) is 68.0 cm³/mol. The van der Waals surface area contributed by atoms with Crippen LogP contribution in [-0.4, -0.2) is 19.6 Å². The molecule has 0 spiro atoms. The number of rotatable bonds is 7. The average molecular weight is 299 g/mol. The number of nitrogens with two attached hydrogens (primary N) is 1. The molecule has 102 valence electrons. The Bertz CT molecular complexity index is 380. The fourth-order valence-electron chi connectivity index (χ4n) is 1.49. The van der Waals surface area contributed by atoms with E-state index in [0.29, 0.717) is 22.0 Å². The second kappa shape index (κ2) is 7.86. The monoisotopic (exact) mass is 298 g/mol. The number of nitrogens with one attached hydrogen (secondary N) is 1. The maximum absolute atomic E-state index is 11.9. The topological polar surface area (TPSA) is 47.3 Å². The summed E-state index contributed by atoms with van der Waals surface area (Å²) in [5, 5.41) is 0.818. The van der Waals surface area contributed by atoms with Crippen LogP contribution in [-0.2, 0) is 4.74 Å². The summed E-state index contributed by atoms with van der Waals surface area (Å²) in [5.41, 5.74) is 3.28. The largest absolute Gasteiger partial charge is 0.375 e. The molecule has 0 aliphatic rings. The molecule has 0 saturated carbocycles. The van der Waals surface area contributed by atoms with Gasteiger partial charge in [-0.3, -0.25) is 11.3 Å². The Hall–Kier alpha value is -0.460. The van der Waals surface area contributed by atoms with Crippen molar-refractivity contribution in [1.82, 2.24) is 5.43 Å². The number of hydrogen-bond donors (Lipinski definition) is 2.